The molecule has 0 spiro atoms. The van der Waals surface area contributed by atoms with Gasteiger partial charge < -0.3 is 11.1 Å². The molecular formula is C11H17N3. The van der Waals surface area contributed by atoms with Crippen molar-refractivity contribution in [2.24, 2.45) is 0 Å². The fraction of sp³-hybridized carbons (Fsp3) is 0.545. The molecular weight excluding hydrogens is 174 g/mol. The van der Waals surface area contributed by atoms with Crippen LogP contribution in [-0.4, -0.2) is 11.0 Å². The van der Waals surface area contributed by atoms with Crippen LogP contribution in [0.1, 0.15) is 31.2 Å². The minimum Gasteiger partial charge on any atom is -0.396 e. The van der Waals surface area contributed by atoms with E-state index in [4.69, 9.17) is 5.73 Å². The fourth-order valence-corrected chi connectivity index (χ4v) is 1.95. The minimum atomic E-state index is 0.576. The largest absolute Gasteiger partial charge is 0.396 e. The lowest BCUT2D eigenvalue weighted by Crippen LogP contribution is -2.17. The Morgan fingerprint density at radius 3 is 2.86 bits per heavy atom. The summed E-state index contributed by atoms with van der Waals surface area (Å²) >= 11 is 0. The van der Waals surface area contributed by atoms with E-state index in [1.807, 2.05) is 19.2 Å². The Morgan fingerprint density at radius 2 is 2.14 bits per heavy atom. The van der Waals surface area contributed by atoms with Crippen molar-refractivity contribution in [2.45, 2.75) is 38.6 Å². The van der Waals surface area contributed by atoms with Crippen molar-refractivity contribution in [2.75, 3.05) is 11.1 Å². The first-order valence-corrected chi connectivity index (χ1v) is 5.25. The van der Waals surface area contributed by atoms with E-state index in [0.717, 1.165) is 17.1 Å². The Labute approximate surface area is 84.7 Å². The number of nitrogens with zero attached hydrogens (tertiary/aromatic N) is 1. The van der Waals surface area contributed by atoms with E-state index in [2.05, 4.69) is 10.3 Å². The van der Waals surface area contributed by atoms with Crippen LogP contribution < -0.4 is 11.1 Å². The lowest BCUT2D eigenvalue weighted by Gasteiger charge is -2.14. The van der Waals surface area contributed by atoms with Gasteiger partial charge in [-0.15, -0.1) is 0 Å². The predicted octanol–water partition coefficient (Wildman–Crippen LogP) is 2.33. The summed E-state index contributed by atoms with van der Waals surface area (Å²) < 4.78 is 0. The fourth-order valence-electron chi connectivity index (χ4n) is 1.95. The summed E-state index contributed by atoms with van der Waals surface area (Å²) in [5.41, 5.74) is 7.82. The second kappa shape index (κ2) is 3.86. The Kier molecular flexibility index (Phi) is 2.57. The Bertz CT molecular complexity index is 316. The van der Waals surface area contributed by atoms with Crippen LogP contribution in [0.4, 0.5) is 11.5 Å². The lowest BCUT2D eigenvalue weighted by molar-refractivity contribution is 0.751. The zero-order valence-corrected chi connectivity index (χ0v) is 8.59. The number of anilines is 2. The maximum absolute atomic E-state index is 5.94. The third-order valence-corrected chi connectivity index (χ3v) is 2.90. The van der Waals surface area contributed by atoms with Crippen molar-refractivity contribution >= 4 is 11.5 Å². The number of nitrogens with one attached hydrogen (secondary N) is 1. The van der Waals surface area contributed by atoms with Gasteiger partial charge in [0.1, 0.15) is 5.82 Å². The number of aromatic nitrogens is 1. The van der Waals surface area contributed by atoms with Gasteiger partial charge in [-0.25, -0.2) is 4.98 Å². The molecule has 1 heterocycles. The molecule has 0 unspecified atom stereocenters. The highest BCUT2D eigenvalue weighted by molar-refractivity contribution is 5.65. The second-order valence-electron chi connectivity index (χ2n) is 4.02. The number of aryl methyl sites for hydroxylation is 1. The number of pyridine rings is 1. The monoisotopic (exact) mass is 191 g/mol. The zero-order chi connectivity index (χ0) is 9.97. The molecule has 0 amide bonds. The van der Waals surface area contributed by atoms with Crippen LogP contribution in [0.15, 0.2) is 12.3 Å². The third kappa shape index (κ3) is 1.81. The molecule has 1 aromatic rings. The molecule has 3 heteroatoms. The summed E-state index contributed by atoms with van der Waals surface area (Å²) in [7, 11) is 0. The molecule has 76 valence electrons. The van der Waals surface area contributed by atoms with Gasteiger partial charge in [0, 0.05) is 12.2 Å². The maximum Gasteiger partial charge on any atom is 0.149 e. The lowest BCUT2D eigenvalue weighted by atomic mass is 10.2. The average Bonchev–Trinajstić information content (AvgIpc) is 2.66. The first kappa shape index (κ1) is 9.31. The van der Waals surface area contributed by atoms with Gasteiger partial charge in [0.05, 0.1) is 5.69 Å². The molecule has 1 aliphatic carbocycles. The van der Waals surface area contributed by atoms with Gasteiger partial charge in [-0.1, -0.05) is 12.8 Å². The normalized spacial score (nSPS) is 17.2. The molecule has 3 nitrogen and oxygen atoms in total. The average molecular weight is 191 g/mol. The first-order valence-electron chi connectivity index (χ1n) is 5.25. The molecule has 0 radical (unpaired) electrons. The number of hydrogen-bond acceptors (Lipinski definition) is 3. The van der Waals surface area contributed by atoms with Crippen molar-refractivity contribution in [3.63, 3.8) is 0 Å². The molecule has 1 saturated carbocycles. The van der Waals surface area contributed by atoms with Gasteiger partial charge in [0.2, 0.25) is 0 Å². The van der Waals surface area contributed by atoms with Gasteiger partial charge in [0.15, 0.2) is 0 Å². The van der Waals surface area contributed by atoms with Crippen LogP contribution in [0.5, 0.6) is 0 Å². The molecule has 0 aliphatic heterocycles. The molecule has 0 aromatic carbocycles. The molecule has 2 rings (SSSR count). The van der Waals surface area contributed by atoms with Gasteiger partial charge in [-0.3, -0.25) is 0 Å². The summed E-state index contributed by atoms with van der Waals surface area (Å²) in [5.74, 6) is 0.858. The summed E-state index contributed by atoms with van der Waals surface area (Å²) in [6, 6.07) is 2.52. The van der Waals surface area contributed by atoms with Crippen LogP contribution in [-0.2, 0) is 0 Å². The number of nitrogens with two attached hydrogens (primary N) is 1. The minimum absolute atomic E-state index is 0.576. The van der Waals surface area contributed by atoms with Crippen molar-refractivity contribution < 1.29 is 0 Å². The van der Waals surface area contributed by atoms with Gasteiger partial charge in [0.25, 0.3) is 0 Å². The molecule has 3 N–H and O–H groups in total. The van der Waals surface area contributed by atoms with E-state index >= 15 is 0 Å². The molecule has 1 aromatic heterocycles. The van der Waals surface area contributed by atoms with Gasteiger partial charge in [-0.2, -0.15) is 0 Å². The van der Waals surface area contributed by atoms with Crippen molar-refractivity contribution in [3.8, 4) is 0 Å². The third-order valence-electron chi connectivity index (χ3n) is 2.90. The molecule has 1 fully saturated rings. The summed E-state index contributed by atoms with van der Waals surface area (Å²) in [4.78, 5) is 4.27. The Morgan fingerprint density at radius 1 is 1.43 bits per heavy atom. The Hall–Kier alpha value is -1.25. The number of rotatable bonds is 2. The van der Waals surface area contributed by atoms with E-state index in [1.165, 1.54) is 25.7 Å². The number of nitrogen functional groups attached to an aromatic ring is 1. The second-order valence-corrected chi connectivity index (χ2v) is 4.02. The highest BCUT2D eigenvalue weighted by Gasteiger charge is 2.16. The summed E-state index contributed by atoms with van der Waals surface area (Å²) in [5, 5.41) is 3.41. The maximum atomic E-state index is 5.94. The van der Waals surface area contributed by atoms with Crippen LogP contribution in [0.3, 0.4) is 0 Å². The van der Waals surface area contributed by atoms with Crippen molar-refractivity contribution in [1.29, 1.82) is 0 Å². The van der Waals surface area contributed by atoms with E-state index in [0.29, 0.717) is 6.04 Å². The molecule has 1 aliphatic rings. The molecule has 0 bridgehead atoms. The van der Waals surface area contributed by atoms with Crippen LogP contribution >= 0.6 is 0 Å². The van der Waals surface area contributed by atoms with Crippen LogP contribution in [0, 0.1) is 6.92 Å². The summed E-state index contributed by atoms with van der Waals surface area (Å²) in [6.45, 7) is 2.01. The number of hydrogen-bond donors (Lipinski definition) is 2. The molecule has 14 heavy (non-hydrogen) atoms. The SMILES string of the molecule is Cc1ccnc(NC2CCCC2)c1N. The summed E-state index contributed by atoms with van der Waals surface area (Å²) in [6.07, 6.45) is 6.94. The predicted molar refractivity (Wildman–Crippen MR) is 59.3 cm³/mol. The van der Waals surface area contributed by atoms with Crippen molar-refractivity contribution in [1.82, 2.24) is 4.98 Å². The highest BCUT2D eigenvalue weighted by Crippen LogP contribution is 2.25. The topological polar surface area (TPSA) is 50.9 Å². The van der Waals surface area contributed by atoms with E-state index in [9.17, 15) is 0 Å². The molecule has 0 atom stereocenters. The van der Waals surface area contributed by atoms with Gasteiger partial charge >= 0.3 is 0 Å². The van der Waals surface area contributed by atoms with Crippen LogP contribution in [0.25, 0.3) is 0 Å². The van der Waals surface area contributed by atoms with E-state index in [1.54, 1.807) is 0 Å². The standard InChI is InChI=1S/C11H17N3/c1-8-6-7-13-11(10(8)12)14-9-4-2-3-5-9/h6-7,9H,2-5,12H2,1H3,(H,13,14). The highest BCUT2D eigenvalue weighted by atomic mass is 15.0. The first-order chi connectivity index (χ1) is 6.77. The van der Waals surface area contributed by atoms with Crippen molar-refractivity contribution in [3.05, 3.63) is 17.8 Å². The Balaban J connectivity index is 2.11. The van der Waals surface area contributed by atoms with Crippen LogP contribution in [0.2, 0.25) is 0 Å². The quantitative estimate of drug-likeness (QED) is 0.754. The van der Waals surface area contributed by atoms with Gasteiger partial charge in [-0.05, 0) is 31.4 Å². The van der Waals surface area contributed by atoms with E-state index < -0.39 is 0 Å². The van der Waals surface area contributed by atoms with E-state index in [-0.39, 0.29) is 0 Å². The smallest absolute Gasteiger partial charge is 0.149 e. The zero-order valence-electron chi connectivity index (χ0n) is 8.59. The molecule has 0 saturated heterocycles.